The fourth-order valence-corrected chi connectivity index (χ4v) is 1.76. The second kappa shape index (κ2) is 7.54. The van der Waals surface area contributed by atoms with Gasteiger partial charge in [0.1, 0.15) is 0 Å². The van der Waals surface area contributed by atoms with Crippen molar-refractivity contribution in [1.82, 2.24) is 20.2 Å². The Morgan fingerprint density at radius 2 is 2.14 bits per heavy atom. The first kappa shape index (κ1) is 15.2. The lowest BCUT2D eigenvalue weighted by molar-refractivity contribution is -0.139. The maximum Gasteiger partial charge on any atom is 0.331 e. The normalized spacial score (nSPS) is 11.0. The Morgan fingerprint density at radius 1 is 1.38 bits per heavy atom. The second-order valence-corrected chi connectivity index (χ2v) is 4.75. The number of nitrogens with zero attached hydrogens (tertiary/aromatic N) is 4. The van der Waals surface area contributed by atoms with Crippen LogP contribution in [0.2, 0.25) is 5.02 Å². The van der Waals surface area contributed by atoms with E-state index >= 15 is 0 Å². The standard InChI is InChI=1S/C14H15ClN4O2/c1-2-9-19-13(16-17-18-19)10-21-14(20)8-5-11-3-6-12(15)7-4-11/h3-8H,2,9-10H2,1H3/b8-5+. The van der Waals surface area contributed by atoms with Crippen LogP contribution in [0.15, 0.2) is 30.3 Å². The molecule has 0 amide bonds. The smallest absolute Gasteiger partial charge is 0.331 e. The monoisotopic (exact) mass is 306 g/mol. The molecule has 1 aromatic carbocycles. The van der Waals surface area contributed by atoms with E-state index in [2.05, 4.69) is 15.5 Å². The number of ether oxygens (including phenoxy) is 1. The molecule has 2 rings (SSSR count). The predicted molar refractivity (Wildman–Crippen MR) is 78.4 cm³/mol. The molecular weight excluding hydrogens is 292 g/mol. The van der Waals surface area contributed by atoms with Gasteiger partial charge in [-0.05, 0) is 40.6 Å². The molecule has 0 aliphatic rings. The molecule has 110 valence electrons. The van der Waals surface area contributed by atoms with E-state index in [0.717, 1.165) is 12.0 Å². The van der Waals surface area contributed by atoms with E-state index in [1.54, 1.807) is 22.9 Å². The highest BCUT2D eigenvalue weighted by Crippen LogP contribution is 2.10. The second-order valence-electron chi connectivity index (χ2n) is 4.31. The quantitative estimate of drug-likeness (QED) is 0.606. The van der Waals surface area contributed by atoms with Gasteiger partial charge in [0.15, 0.2) is 12.4 Å². The van der Waals surface area contributed by atoms with Crippen molar-refractivity contribution < 1.29 is 9.53 Å². The van der Waals surface area contributed by atoms with Crippen molar-refractivity contribution in [2.45, 2.75) is 26.5 Å². The van der Waals surface area contributed by atoms with Crippen LogP contribution in [0.25, 0.3) is 6.08 Å². The van der Waals surface area contributed by atoms with Gasteiger partial charge in [-0.2, -0.15) is 0 Å². The van der Waals surface area contributed by atoms with E-state index in [0.29, 0.717) is 17.4 Å². The maximum atomic E-state index is 11.6. The Kier molecular flexibility index (Phi) is 5.45. The zero-order valence-corrected chi connectivity index (χ0v) is 12.3. The Hall–Kier alpha value is -2.21. The number of hydrogen-bond donors (Lipinski definition) is 0. The predicted octanol–water partition coefficient (Wildman–Crippen LogP) is 2.49. The van der Waals surface area contributed by atoms with Gasteiger partial charge in [0.25, 0.3) is 0 Å². The van der Waals surface area contributed by atoms with Crippen molar-refractivity contribution in [2.75, 3.05) is 0 Å². The van der Waals surface area contributed by atoms with Crippen molar-refractivity contribution in [1.29, 1.82) is 0 Å². The van der Waals surface area contributed by atoms with Gasteiger partial charge in [0, 0.05) is 17.6 Å². The van der Waals surface area contributed by atoms with E-state index in [9.17, 15) is 4.79 Å². The van der Waals surface area contributed by atoms with Gasteiger partial charge in [-0.15, -0.1) is 5.10 Å². The molecular formula is C14H15ClN4O2. The van der Waals surface area contributed by atoms with Crippen LogP contribution in [0, 0.1) is 0 Å². The van der Waals surface area contributed by atoms with Gasteiger partial charge in [0.2, 0.25) is 0 Å². The summed E-state index contributed by atoms with van der Waals surface area (Å²) < 4.78 is 6.72. The van der Waals surface area contributed by atoms with Crippen LogP contribution >= 0.6 is 11.6 Å². The van der Waals surface area contributed by atoms with E-state index < -0.39 is 5.97 Å². The summed E-state index contributed by atoms with van der Waals surface area (Å²) in [5.74, 6) is 0.0843. The minimum absolute atomic E-state index is 0.0524. The molecule has 2 aromatic rings. The number of halogens is 1. The summed E-state index contributed by atoms with van der Waals surface area (Å²) in [5.41, 5.74) is 0.868. The molecule has 0 spiro atoms. The molecule has 0 bridgehead atoms. The largest absolute Gasteiger partial charge is 0.454 e. The number of carbonyl (C=O) groups is 1. The fraction of sp³-hybridized carbons (Fsp3) is 0.286. The molecule has 0 unspecified atom stereocenters. The molecule has 0 saturated carbocycles. The van der Waals surface area contributed by atoms with Gasteiger partial charge < -0.3 is 4.74 Å². The summed E-state index contributed by atoms with van der Waals surface area (Å²) in [6.07, 6.45) is 3.92. The van der Waals surface area contributed by atoms with Crippen molar-refractivity contribution in [3.05, 3.63) is 46.8 Å². The van der Waals surface area contributed by atoms with E-state index in [-0.39, 0.29) is 6.61 Å². The van der Waals surface area contributed by atoms with Crippen molar-refractivity contribution >= 4 is 23.6 Å². The van der Waals surface area contributed by atoms with Crippen LogP contribution in [-0.2, 0) is 22.7 Å². The lowest BCUT2D eigenvalue weighted by Crippen LogP contribution is -2.09. The van der Waals surface area contributed by atoms with Gasteiger partial charge in [-0.3, -0.25) is 0 Å². The SMILES string of the molecule is CCCn1nnnc1COC(=O)/C=C/c1ccc(Cl)cc1. The molecule has 0 fully saturated rings. The number of rotatable bonds is 6. The summed E-state index contributed by atoms with van der Waals surface area (Å²) in [6, 6.07) is 7.14. The molecule has 0 radical (unpaired) electrons. The summed E-state index contributed by atoms with van der Waals surface area (Å²) in [4.78, 5) is 11.6. The molecule has 0 atom stereocenters. The summed E-state index contributed by atoms with van der Waals surface area (Å²) in [6.45, 7) is 2.77. The van der Waals surface area contributed by atoms with Crippen molar-refractivity contribution in [3.63, 3.8) is 0 Å². The Balaban J connectivity index is 1.87. The highest BCUT2D eigenvalue weighted by molar-refractivity contribution is 6.30. The topological polar surface area (TPSA) is 69.9 Å². The maximum absolute atomic E-state index is 11.6. The van der Waals surface area contributed by atoms with Gasteiger partial charge in [-0.1, -0.05) is 30.7 Å². The highest BCUT2D eigenvalue weighted by Gasteiger charge is 2.07. The summed E-state index contributed by atoms with van der Waals surface area (Å²) in [5, 5.41) is 11.9. The number of benzene rings is 1. The van der Waals surface area contributed by atoms with E-state index in [1.807, 2.05) is 19.1 Å². The Labute approximate surface area is 127 Å². The molecule has 7 heteroatoms. The van der Waals surface area contributed by atoms with Gasteiger partial charge in [0.05, 0.1) is 0 Å². The average molecular weight is 307 g/mol. The third-order valence-corrected chi connectivity index (χ3v) is 2.92. The van der Waals surface area contributed by atoms with E-state index in [1.165, 1.54) is 6.08 Å². The molecule has 0 aliphatic heterocycles. The van der Waals surface area contributed by atoms with Crippen LogP contribution in [0.4, 0.5) is 0 Å². The van der Waals surface area contributed by atoms with Gasteiger partial charge >= 0.3 is 5.97 Å². The Morgan fingerprint density at radius 3 is 2.86 bits per heavy atom. The number of hydrogen-bond acceptors (Lipinski definition) is 5. The molecule has 1 heterocycles. The molecule has 21 heavy (non-hydrogen) atoms. The zero-order valence-electron chi connectivity index (χ0n) is 11.6. The van der Waals surface area contributed by atoms with E-state index in [4.69, 9.17) is 16.3 Å². The molecule has 0 aliphatic carbocycles. The molecule has 1 aromatic heterocycles. The number of aryl methyl sites for hydroxylation is 1. The highest BCUT2D eigenvalue weighted by atomic mass is 35.5. The summed E-state index contributed by atoms with van der Waals surface area (Å²) in [7, 11) is 0. The zero-order chi connectivity index (χ0) is 15.1. The molecule has 0 saturated heterocycles. The van der Waals surface area contributed by atoms with Crippen LogP contribution in [0.1, 0.15) is 24.7 Å². The number of tetrazole rings is 1. The Bertz CT molecular complexity index is 622. The number of aromatic nitrogens is 4. The van der Waals surface area contributed by atoms with Crippen LogP contribution in [-0.4, -0.2) is 26.2 Å². The lowest BCUT2D eigenvalue weighted by Gasteiger charge is -2.02. The van der Waals surface area contributed by atoms with Gasteiger partial charge in [-0.25, -0.2) is 9.48 Å². The molecule has 6 nitrogen and oxygen atoms in total. The first-order chi connectivity index (χ1) is 10.2. The first-order valence-electron chi connectivity index (χ1n) is 6.54. The van der Waals surface area contributed by atoms with Crippen LogP contribution in [0.3, 0.4) is 0 Å². The van der Waals surface area contributed by atoms with Crippen LogP contribution < -0.4 is 0 Å². The lowest BCUT2D eigenvalue weighted by atomic mass is 10.2. The number of esters is 1. The minimum Gasteiger partial charge on any atom is -0.454 e. The first-order valence-corrected chi connectivity index (χ1v) is 6.92. The third kappa shape index (κ3) is 4.68. The average Bonchev–Trinajstić information content (AvgIpc) is 2.92. The van der Waals surface area contributed by atoms with Crippen LogP contribution in [0.5, 0.6) is 0 Å². The van der Waals surface area contributed by atoms with Crippen molar-refractivity contribution in [3.8, 4) is 0 Å². The minimum atomic E-state index is -0.448. The summed E-state index contributed by atoms with van der Waals surface area (Å²) >= 11 is 5.78. The third-order valence-electron chi connectivity index (χ3n) is 2.67. The fourth-order valence-electron chi connectivity index (χ4n) is 1.63. The molecule has 0 N–H and O–H groups in total. The van der Waals surface area contributed by atoms with Crippen molar-refractivity contribution in [2.24, 2.45) is 0 Å². The number of carbonyl (C=O) groups excluding carboxylic acids is 1.